The third-order valence-electron chi connectivity index (χ3n) is 3.12. The minimum Gasteiger partial charge on any atom is -0.477 e. The van der Waals surface area contributed by atoms with Gasteiger partial charge in [-0.05, 0) is 39.5 Å². The topological polar surface area (TPSA) is 75.4 Å². The molecule has 2 aromatic heterocycles. The summed E-state index contributed by atoms with van der Waals surface area (Å²) in [6.45, 7) is 3.13. The van der Waals surface area contributed by atoms with Gasteiger partial charge in [-0.15, -0.1) is 11.3 Å². The van der Waals surface area contributed by atoms with Gasteiger partial charge in [-0.2, -0.15) is 0 Å². The fourth-order valence-electron chi connectivity index (χ4n) is 2.08. The van der Waals surface area contributed by atoms with Crippen LogP contribution in [-0.2, 0) is 6.54 Å². The Bertz CT molecular complexity index is 703. The molecule has 0 aliphatic carbocycles. The van der Waals surface area contributed by atoms with E-state index in [0.29, 0.717) is 22.3 Å². The average Bonchev–Trinajstić information content (AvgIpc) is 2.70. The van der Waals surface area contributed by atoms with E-state index < -0.39 is 5.97 Å². The van der Waals surface area contributed by atoms with Crippen molar-refractivity contribution in [3.63, 3.8) is 0 Å². The van der Waals surface area contributed by atoms with Crippen LogP contribution >= 0.6 is 11.3 Å². The molecular weight excluding hydrogens is 278 g/mol. The summed E-state index contributed by atoms with van der Waals surface area (Å²) in [6, 6.07) is 0. The van der Waals surface area contributed by atoms with Crippen LogP contribution in [-0.4, -0.2) is 46.2 Å². The highest BCUT2D eigenvalue weighted by atomic mass is 32.1. The van der Waals surface area contributed by atoms with Gasteiger partial charge in [-0.1, -0.05) is 0 Å². The first kappa shape index (κ1) is 14.7. The second-order valence-corrected chi connectivity index (χ2v) is 5.94. The van der Waals surface area contributed by atoms with Crippen LogP contribution in [0.3, 0.4) is 0 Å². The molecule has 0 saturated carbocycles. The molecule has 0 aliphatic rings. The van der Waals surface area contributed by atoms with Crippen molar-refractivity contribution in [1.29, 1.82) is 0 Å². The van der Waals surface area contributed by atoms with E-state index in [1.54, 1.807) is 11.5 Å². The van der Waals surface area contributed by atoms with E-state index in [-0.39, 0.29) is 10.4 Å². The van der Waals surface area contributed by atoms with Gasteiger partial charge in [0.15, 0.2) is 0 Å². The number of nitrogens with zero attached hydrogens (tertiary/aromatic N) is 3. The fourth-order valence-corrected chi connectivity index (χ4v) is 3.06. The summed E-state index contributed by atoms with van der Waals surface area (Å²) in [5.74, 6) is -1.01. The molecule has 0 spiro atoms. The standard InChI is InChI=1S/C13H17N3O3S/c1-8-9-11(20-10(8)13(18)19)14-7-16(12(9)17)6-4-5-15(2)3/h7H,4-6H2,1-3H3,(H,18,19). The number of aromatic carboxylic acids is 1. The van der Waals surface area contributed by atoms with Gasteiger partial charge in [-0.25, -0.2) is 9.78 Å². The minimum absolute atomic E-state index is 0.157. The molecule has 2 aromatic rings. The summed E-state index contributed by atoms with van der Waals surface area (Å²) >= 11 is 1.05. The van der Waals surface area contributed by atoms with E-state index >= 15 is 0 Å². The van der Waals surface area contributed by atoms with Crippen LogP contribution in [0, 0.1) is 6.92 Å². The molecule has 0 unspecified atom stereocenters. The molecule has 108 valence electrons. The monoisotopic (exact) mass is 295 g/mol. The van der Waals surface area contributed by atoms with Gasteiger partial charge in [0.25, 0.3) is 5.56 Å². The van der Waals surface area contributed by atoms with Crippen molar-refractivity contribution >= 4 is 27.5 Å². The highest BCUT2D eigenvalue weighted by molar-refractivity contribution is 7.20. The smallest absolute Gasteiger partial charge is 0.346 e. The summed E-state index contributed by atoms with van der Waals surface area (Å²) in [4.78, 5) is 30.4. The van der Waals surface area contributed by atoms with Gasteiger partial charge in [0, 0.05) is 6.54 Å². The third-order valence-corrected chi connectivity index (χ3v) is 4.30. The molecule has 0 saturated heterocycles. The quantitative estimate of drug-likeness (QED) is 0.903. The largest absolute Gasteiger partial charge is 0.477 e. The van der Waals surface area contributed by atoms with Crippen LogP contribution in [0.15, 0.2) is 11.1 Å². The lowest BCUT2D eigenvalue weighted by Crippen LogP contribution is -2.23. The zero-order chi connectivity index (χ0) is 14.9. The molecule has 0 aromatic carbocycles. The van der Waals surface area contributed by atoms with Gasteiger partial charge >= 0.3 is 5.97 Å². The van der Waals surface area contributed by atoms with Crippen LogP contribution in [0.5, 0.6) is 0 Å². The van der Waals surface area contributed by atoms with E-state index in [4.69, 9.17) is 5.11 Å². The predicted molar refractivity (Wildman–Crippen MR) is 78.7 cm³/mol. The maximum Gasteiger partial charge on any atom is 0.346 e. The van der Waals surface area contributed by atoms with Crippen molar-refractivity contribution in [3.05, 3.63) is 27.1 Å². The summed E-state index contributed by atoms with van der Waals surface area (Å²) in [5.41, 5.74) is 0.354. The highest BCUT2D eigenvalue weighted by Crippen LogP contribution is 2.26. The Morgan fingerprint density at radius 2 is 2.20 bits per heavy atom. The summed E-state index contributed by atoms with van der Waals surface area (Å²) in [6.07, 6.45) is 2.34. The summed E-state index contributed by atoms with van der Waals surface area (Å²) < 4.78 is 1.55. The average molecular weight is 295 g/mol. The molecule has 0 radical (unpaired) electrons. The van der Waals surface area contributed by atoms with Crippen molar-refractivity contribution in [1.82, 2.24) is 14.5 Å². The van der Waals surface area contributed by atoms with Gasteiger partial charge in [0.2, 0.25) is 0 Å². The van der Waals surface area contributed by atoms with Crippen LogP contribution < -0.4 is 5.56 Å². The molecule has 0 bridgehead atoms. The normalized spacial score (nSPS) is 11.4. The van der Waals surface area contributed by atoms with Crippen LogP contribution in [0.4, 0.5) is 0 Å². The van der Waals surface area contributed by atoms with E-state index in [2.05, 4.69) is 9.88 Å². The Morgan fingerprint density at radius 1 is 1.50 bits per heavy atom. The van der Waals surface area contributed by atoms with Gasteiger partial charge in [0.1, 0.15) is 9.71 Å². The summed E-state index contributed by atoms with van der Waals surface area (Å²) in [7, 11) is 3.96. The third kappa shape index (κ3) is 2.73. The first-order valence-electron chi connectivity index (χ1n) is 6.28. The molecule has 20 heavy (non-hydrogen) atoms. The SMILES string of the molecule is Cc1c(C(=O)O)sc2ncn(CCCN(C)C)c(=O)c12. The second-order valence-electron chi connectivity index (χ2n) is 4.94. The second kappa shape index (κ2) is 5.72. The van der Waals surface area contributed by atoms with Crippen LogP contribution in [0.2, 0.25) is 0 Å². The lowest BCUT2D eigenvalue weighted by atomic mass is 10.2. The molecule has 2 rings (SSSR count). The van der Waals surface area contributed by atoms with Crippen LogP contribution in [0.25, 0.3) is 10.2 Å². The molecular formula is C13H17N3O3S. The Morgan fingerprint density at radius 3 is 2.80 bits per heavy atom. The molecule has 0 aliphatic heterocycles. The lowest BCUT2D eigenvalue weighted by Gasteiger charge is -2.10. The highest BCUT2D eigenvalue weighted by Gasteiger charge is 2.18. The number of aryl methyl sites for hydroxylation is 2. The van der Waals surface area contributed by atoms with Gasteiger partial charge in [0.05, 0.1) is 11.7 Å². The number of rotatable bonds is 5. The number of carboxylic acid groups (broad SMARTS) is 1. The zero-order valence-corrected chi connectivity index (χ0v) is 12.5. The molecule has 0 atom stereocenters. The van der Waals surface area contributed by atoms with E-state index in [0.717, 1.165) is 24.3 Å². The predicted octanol–water partition coefficient (Wildman–Crippen LogP) is 1.42. The first-order chi connectivity index (χ1) is 9.41. The molecule has 0 amide bonds. The first-order valence-corrected chi connectivity index (χ1v) is 7.10. The number of fused-ring (bicyclic) bond motifs is 1. The van der Waals surface area contributed by atoms with Crippen molar-refractivity contribution in [2.24, 2.45) is 0 Å². The van der Waals surface area contributed by atoms with Gasteiger partial charge < -0.3 is 10.0 Å². The molecule has 6 nitrogen and oxygen atoms in total. The number of carboxylic acids is 1. The number of hydrogen-bond donors (Lipinski definition) is 1. The minimum atomic E-state index is -1.01. The zero-order valence-electron chi connectivity index (χ0n) is 11.7. The van der Waals surface area contributed by atoms with Crippen molar-refractivity contribution in [2.45, 2.75) is 19.9 Å². The maximum absolute atomic E-state index is 12.4. The Hall–Kier alpha value is -1.73. The van der Waals surface area contributed by atoms with Crippen LogP contribution in [0.1, 0.15) is 21.7 Å². The number of aromatic nitrogens is 2. The number of hydrogen-bond acceptors (Lipinski definition) is 5. The maximum atomic E-state index is 12.4. The fraction of sp³-hybridized carbons (Fsp3) is 0.462. The Labute approximate surface area is 120 Å². The lowest BCUT2D eigenvalue weighted by molar-refractivity contribution is 0.0701. The summed E-state index contributed by atoms with van der Waals surface area (Å²) in [5, 5.41) is 9.53. The number of carbonyl (C=O) groups is 1. The molecule has 2 heterocycles. The Balaban J connectivity index is 2.40. The molecule has 7 heteroatoms. The molecule has 1 N–H and O–H groups in total. The van der Waals surface area contributed by atoms with E-state index in [1.807, 2.05) is 14.1 Å². The van der Waals surface area contributed by atoms with Crippen molar-refractivity contribution < 1.29 is 9.90 Å². The van der Waals surface area contributed by atoms with Crippen molar-refractivity contribution in [3.8, 4) is 0 Å². The van der Waals surface area contributed by atoms with Gasteiger partial charge in [-0.3, -0.25) is 9.36 Å². The van der Waals surface area contributed by atoms with E-state index in [9.17, 15) is 9.59 Å². The van der Waals surface area contributed by atoms with Crippen molar-refractivity contribution in [2.75, 3.05) is 20.6 Å². The Kier molecular flexibility index (Phi) is 4.20. The molecule has 0 fully saturated rings. The number of thiophene rings is 1. The van der Waals surface area contributed by atoms with E-state index in [1.165, 1.54) is 6.33 Å².